The van der Waals surface area contributed by atoms with Crippen molar-refractivity contribution in [1.82, 2.24) is 9.21 Å². The molecule has 0 N–H and O–H groups in total. The number of hydrogen-bond acceptors (Lipinski definition) is 4. The van der Waals surface area contributed by atoms with Crippen molar-refractivity contribution in [2.45, 2.75) is 43.4 Å². The number of methoxy groups -OCH3 is 1. The molecule has 1 amide bonds. The van der Waals surface area contributed by atoms with Crippen LogP contribution in [0.2, 0.25) is 0 Å². The van der Waals surface area contributed by atoms with E-state index in [1.165, 1.54) is 4.31 Å². The maximum atomic E-state index is 12.7. The van der Waals surface area contributed by atoms with Crippen molar-refractivity contribution < 1.29 is 17.9 Å². The van der Waals surface area contributed by atoms with Crippen molar-refractivity contribution in [3.63, 3.8) is 0 Å². The Morgan fingerprint density at radius 3 is 2.36 bits per heavy atom. The molecule has 2 fully saturated rings. The average Bonchev–Trinajstić information content (AvgIpc) is 3.32. The number of likely N-dealkylation sites (tertiary alicyclic amines) is 1. The van der Waals surface area contributed by atoms with Crippen molar-refractivity contribution in [3.05, 3.63) is 23.8 Å². The Morgan fingerprint density at radius 2 is 1.72 bits per heavy atom. The number of aryl methyl sites for hydroxylation is 1. The van der Waals surface area contributed by atoms with Crippen LogP contribution < -0.4 is 4.74 Å². The van der Waals surface area contributed by atoms with Gasteiger partial charge in [-0.2, -0.15) is 4.31 Å². The van der Waals surface area contributed by atoms with Gasteiger partial charge in [0.25, 0.3) is 0 Å². The lowest BCUT2D eigenvalue weighted by atomic mass is 10.1. The number of carbonyl (C=O) groups is 1. The fourth-order valence-electron chi connectivity index (χ4n) is 3.55. The van der Waals surface area contributed by atoms with Crippen LogP contribution in [0.25, 0.3) is 0 Å². The van der Waals surface area contributed by atoms with E-state index in [4.69, 9.17) is 4.74 Å². The number of ether oxygens (including phenoxy) is 1. The summed E-state index contributed by atoms with van der Waals surface area (Å²) in [5, 5.41) is 0. The molecule has 0 aliphatic carbocycles. The molecule has 2 heterocycles. The SMILES string of the molecule is COc1ccc(S(=O)(=O)N2CCCC2)cc1CCC(=O)N1CCCC1. The highest BCUT2D eigenvalue weighted by Crippen LogP contribution is 2.27. The number of carbonyl (C=O) groups excluding carboxylic acids is 1. The average molecular weight is 366 g/mol. The molecular formula is C18H26N2O4S. The lowest BCUT2D eigenvalue weighted by Crippen LogP contribution is -2.28. The summed E-state index contributed by atoms with van der Waals surface area (Å²) < 4.78 is 32.4. The molecule has 2 aliphatic heterocycles. The van der Waals surface area contributed by atoms with Crippen LogP contribution in [0.4, 0.5) is 0 Å². The summed E-state index contributed by atoms with van der Waals surface area (Å²) in [5.74, 6) is 0.766. The monoisotopic (exact) mass is 366 g/mol. The molecule has 3 rings (SSSR count). The Morgan fingerprint density at radius 1 is 1.08 bits per heavy atom. The molecule has 0 radical (unpaired) electrons. The van der Waals surface area contributed by atoms with Gasteiger partial charge in [-0.05, 0) is 55.9 Å². The lowest BCUT2D eigenvalue weighted by molar-refractivity contribution is -0.130. The maximum absolute atomic E-state index is 12.7. The number of nitrogens with zero attached hydrogens (tertiary/aromatic N) is 2. The normalized spacial score (nSPS) is 18.7. The molecule has 6 nitrogen and oxygen atoms in total. The highest BCUT2D eigenvalue weighted by Gasteiger charge is 2.28. The lowest BCUT2D eigenvalue weighted by Gasteiger charge is -2.18. The third kappa shape index (κ3) is 3.98. The first kappa shape index (κ1) is 18.2. The zero-order valence-electron chi connectivity index (χ0n) is 14.7. The van der Waals surface area contributed by atoms with Crippen molar-refractivity contribution in [2.24, 2.45) is 0 Å². The Labute approximate surface area is 149 Å². The van der Waals surface area contributed by atoms with Crippen molar-refractivity contribution in [3.8, 4) is 5.75 Å². The molecule has 138 valence electrons. The van der Waals surface area contributed by atoms with E-state index in [0.29, 0.717) is 36.6 Å². The summed E-state index contributed by atoms with van der Waals surface area (Å²) in [6.07, 6.45) is 4.82. The minimum atomic E-state index is -3.46. The van der Waals surface area contributed by atoms with Gasteiger partial charge < -0.3 is 9.64 Å². The van der Waals surface area contributed by atoms with Gasteiger partial charge in [-0.1, -0.05) is 0 Å². The largest absolute Gasteiger partial charge is 0.496 e. The van der Waals surface area contributed by atoms with Gasteiger partial charge in [-0.15, -0.1) is 0 Å². The van der Waals surface area contributed by atoms with Gasteiger partial charge in [0.2, 0.25) is 15.9 Å². The molecule has 0 unspecified atom stereocenters. The van der Waals surface area contributed by atoms with Gasteiger partial charge >= 0.3 is 0 Å². The third-order valence-corrected chi connectivity index (χ3v) is 6.92. The molecule has 0 spiro atoms. The zero-order valence-corrected chi connectivity index (χ0v) is 15.6. The number of benzene rings is 1. The quantitative estimate of drug-likeness (QED) is 0.773. The summed E-state index contributed by atoms with van der Waals surface area (Å²) in [7, 11) is -1.89. The second-order valence-corrected chi connectivity index (χ2v) is 8.61. The highest BCUT2D eigenvalue weighted by atomic mass is 32.2. The maximum Gasteiger partial charge on any atom is 0.243 e. The van der Waals surface area contributed by atoms with E-state index in [1.54, 1.807) is 25.3 Å². The van der Waals surface area contributed by atoms with Gasteiger partial charge in [-0.3, -0.25) is 4.79 Å². The van der Waals surface area contributed by atoms with E-state index in [1.807, 2.05) is 4.90 Å². The van der Waals surface area contributed by atoms with Crippen molar-refractivity contribution >= 4 is 15.9 Å². The van der Waals surface area contributed by atoms with Crippen LogP contribution in [-0.4, -0.2) is 56.8 Å². The molecule has 2 aliphatic rings. The minimum Gasteiger partial charge on any atom is -0.496 e. The standard InChI is InChI=1S/C18H26N2O4S/c1-24-17-8-7-16(25(22,23)20-12-4-5-13-20)14-15(17)6-9-18(21)19-10-2-3-11-19/h7-8,14H,2-6,9-13H2,1H3. The van der Waals surface area contributed by atoms with Gasteiger partial charge in [0, 0.05) is 32.6 Å². The van der Waals surface area contributed by atoms with Crippen LogP contribution in [-0.2, 0) is 21.2 Å². The van der Waals surface area contributed by atoms with Gasteiger partial charge in [0.1, 0.15) is 5.75 Å². The summed E-state index contributed by atoms with van der Waals surface area (Å²) in [6, 6.07) is 4.96. The predicted molar refractivity (Wildman–Crippen MR) is 95.1 cm³/mol. The smallest absolute Gasteiger partial charge is 0.243 e. The molecule has 1 aromatic carbocycles. The van der Waals surface area contributed by atoms with Crippen LogP contribution in [0.15, 0.2) is 23.1 Å². The van der Waals surface area contributed by atoms with E-state index >= 15 is 0 Å². The second kappa shape index (κ2) is 7.74. The van der Waals surface area contributed by atoms with E-state index in [9.17, 15) is 13.2 Å². The summed E-state index contributed by atoms with van der Waals surface area (Å²) in [5.41, 5.74) is 0.773. The first-order chi connectivity index (χ1) is 12.0. The van der Waals surface area contributed by atoms with E-state index < -0.39 is 10.0 Å². The zero-order chi connectivity index (χ0) is 17.9. The van der Waals surface area contributed by atoms with E-state index in [-0.39, 0.29) is 5.91 Å². The number of hydrogen-bond donors (Lipinski definition) is 0. The topological polar surface area (TPSA) is 66.9 Å². The molecule has 25 heavy (non-hydrogen) atoms. The summed E-state index contributed by atoms with van der Waals surface area (Å²) in [6.45, 7) is 2.83. The first-order valence-electron chi connectivity index (χ1n) is 8.97. The fourth-order valence-corrected chi connectivity index (χ4v) is 5.12. The second-order valence-electron chi connectivity index (χ2n) is 6.67. The summed E-state index contributed by atoms with van der Waals surface area (Å²) >= 11 is 0. The van der Waals surface area contributed by atoms with Crippen LogP contribution >= 0.6 is 0 Å². The van der Waals surface area contributed by atoms with Crippen LogP contribution in [0.3, 0.4) is 0 Å². The van der Waals surface area contributed by atoms with Gasteiger partial charge in [0.05, 0.1) is 12.0 Å². The molecule has 0 aromatic heterocycles. The number of rotatable bonds is 6. The molecule has 2 saturated heterocycles. The number of amides is 1. The minimum absolute atomic E-state index is 0.132. The van der Waals surface area contributed by atoms with Crippen molar-refractivity contribution in [1.29, 1.82) is 0 Å². The first-order valence-corrected chi connectivity index (χ1v) is 10.4. The molecule has 7 heteroatoms. The Hall–Kier alpha value is -1.60. The Kier molecular flexibility index (Phi) is 5.64. The molecule has 0 bridgehead atoms. The fraction of sp³-hybridized carbons (Fsp3) is 0.611. The molecule has 1 aromatic rings. The summed E-state index contributed by atoms with van der Waals surface area (Å²) in [4.78, 5) is 14.4. The van der Waals surface area contributed by atoms with Crippen LogP contribution in [0, 0.1) is 0 Å². The van der Waals surface area contributed by atoms with Crippen LogP contribution in [0.5, 0.6) is 5.75 Å². The predicted octanol–water partition coefficient (Wildman–Crippen LogP) is 2.03. The van der Waals surface area contributed by atoms with E-state index in [2.05, 4.69) is 0 Å². The molecule has 0 saturated carbocycles. The van der Waals surface area contributed by atoms with Crippen LogP contribution in [0.1, 0.15) is 37.7 Å². The van der Waals surface area contributed by atoms with Gasteiger partial charge in [0.15, 0.2) is 0 Å². The van der Waals surface area contributed by atoms with E-state index in [0.717, 1.165) is 44.3 Å². The number of sulfonamides is 1. The highest BCUT2D eigenvalue weighted by molar-refractivity contribution is 7.89. The third-order valence-electron chi connectivity index (χ3n) is 5.02. The molecule has 0 atom stereocenters. The Bertz CT molecular complexity index is 721. The molecular weight excluding hydrogens is 340 g/mol. The Balaban J connectivity index is 1.76. The van der Waals surface area contributed by atoms with Gasteiger partial charge in [-0.25, -0.2) is 8.42 Å². The van der Waals surface area contributed by atoms with Crippen molar-refractivity contribution in [2.75, 3.05) is 33.3 Å².